The fourth-order valence-corrected chi connectivity index (χ4v) is 4.40. The first kappa shape index (κ1) is 16.3. The third kappa shape index (κ3) is 2.96. The van der Waals surface area contributed by atoms with Gasteiger partial charge in [0.1, 0.15) is 0 Å². The minimum absolute atomic E-state index is 0.125. The van der Waals surface area contributed by atoms with Crippen LogP contribution in [-0.2, 0) is 0 Å². The number of benzene rings is 1. The highest BCUT2D eigenvalue weighted by molar-refractivity contribution is 5.91. The number of carbonyl (C=O) groups excluding carboxylic acids is 1. The lowest BCUT2D eigenvalue weighted by Gasteiger charge is -2.29. The van der Waals surface area contributed by atoms with Crippen molar-refractivity contribution in [1.29, 1.82) is 0 Å². The molecule has 132 valence electrons. The van der Waals surface area contributed by atoms with Crippen LogP contribution in [-0.4, -0.2) is 64.6 Å². The van der Waals surface area contributed by atoms with Gasteiger partial charge in [-0.25, -0.2) is 4.98 Å². The predicted octanol–water partition coefficient (Wildman–Crippen LogP) is 1.60. The summed E-state index contributed by atoms with van der Waals surface area (Å²) >= 11 is 0. The van der Waals surface area contributed by atoms with Gasteiger partial charge in [-0.1, -0.05) is 30.3 Å². The molecule has 1 N–H and O–H groups in total. The Labute approximate surface area is 147 Å². The van der Waals surface area contributed by atoms with Crippen molar-refractivity contribution in [2.24, 2.45) is 5.92 Å². The van der Waals surface area contributed by atoms with Gasteiger partial charge in [0.15, 0.2) is 6.39 Å². The zero-order chi connectivity index (χ0) is 17.4. The molecule has 0 unspecified atom stereocenters. The molecule has 2 saturated heterocycles. The Balaban J connectivity index is 1.60. The van der Waals surface area contributed by atoms with Gasteiger partial charge < -0.3 is 19.3 Å². The number of nitrogens with zero attached hydrogens (tertiary/aromatic N) is 3. The van der Waals surface area contributed by atoms with Gasteiger partial charge in [-0.2, -0.15) is 0 Å². The Morgan fingerprint density at radius 2 is 2.08 bits per heavy atom. The largest absolute Gasteiger partial charge is 0.438 e. The van der Waals surface area contributed by atoms with Crippen molar-refractivity contribution in [1.82, 2.24) is 14.8 Å². The third-order valence-electron chi connectivity index (χ3n) is 5.66. The summed E-state index contributed by atoms with van der Waals surface area (Å²) < 4.78 is 5.17. The van der Waals surface area contributed by atoms with Crippen molar-refractivity contribution in [3.63, 3.8) is 0 Å². The maximum absolute atomic E-state index is 12.7. The molecule has 25 heavy (non-hydrogen) atoms. The van der Waals surface area contributed by atoms with Crippen LogP contribution in [0.15, 0.2) is 47.3 Å². The molecular weight excluding hydrogens is 318 g/mol. The number of fused-ring (bicyclic) bond motifs is 1. The van der Waals surface area contributed by atoms with Gasteiger partial charge >= 0.3 is 0 Å². The Morgan fingerprint density at radius 1 is 1.28 bits per heavy atom. The Hall–Kier alpha value is -2.18. The van der Waals surface area contributed by atoms with Crippen molar-refractivity contribution in [3.8, 4) is 0 Å². The summed E-state index contributed by atoms with van der Waals surface area (Å²) in [5.41, 5.74) is 1.26. The van der Waals surface area contributed by atoms with E-state index in [1.54, 1.807) is 4.90 Å². The fourth-order valence-electron chi connectivity index (χ4n) is 4.40. The molecule has 0 saturated carbocycles. The van der Waals surface area contributed by atoms with Crippen LogP contribution in [0.3, 0.4) is 0 Å². The van der Waals surface area contributed by atoms with Crippen molar-refractivity contribution < 1.29 is 14.3 Å². The smallest absolute Gasteiger partial charge is 0.291 e. The van der Waals surface area contributed by atoms with Gasteiger partial charge in [0.25, 0.3) is 5.91 Å². The normalized spacial score (nSPS) is 30.1. The van der Waals surface area contributed by atoms with E-state index >= 15 is 0 Å². The molecule has 4 rings (SSSR count). The van der Waals surface area contributed by atoms with Crippen molar-refractivity contribution >= 4 is 5.91 Å². The molecule has 1 aromatic heterocycles. The number of aliphatic hydroxyl groups excluding tert-OH is 1. The fraction of sp³-hybridized carbons (Fsp3) is 0.474. The van der Waals surface area contributed by atoms with Gasteiger partial charge in [-0.05, 0) is 19.0 Å². The lowest BCUT2D eigenvalue weighted by atomic mass is 9.81. The molecule has 2 aliphatic rings. The second kappa shape index (κ2) is 6.61. The molecule has 2 fully saturated rings. The zero-order valence-electron chi connectivity index (χ0n) is 14.3. The molecule has 3 heterocycles. The van der Waals surface area contributed by atoms with E-state index in [1.165, 1.54) is 18.2 Å². The van der Waals surface area contributed by atoms with Gasteiger partial charge in [0.2, 0.25) is 5.76 Å². The number of amides is 1. The van der Waals surface area contributed by atoms with Crippen molar-refractivity contribution in [2.75, 3.05) is 26.7 Å². The summed E-state index contributed by atoms with van der Waals surface area (Å²) in [6, 6.07) is 10.5. The summed E-state index contributed by atoms with van der Waals surface area (Å²) in [7, 11) is 2.08. The van der Waals surface area contributed by atoms with Crippen LogP contribution in [0.25, 0.3) is 0 Å². The first-order chi connectivity index (χ1) is 12.1. The average molecular weight is 341 g/mol. The van der Waals surface area contributed by atoms with E-state index in [0.717, 1.165) is 6.54 Å². The number of carbonyl (C=O) groups is 1. The maximum atomic E-state index is 12.7. The summed E-state index contributed by atoms with van der Waals surface area (Å²) in [4.78, 5) is 20.6. The topological polar surface area (TPSA) is 69.8 Å². The van der Waals surface area contributed by atoms with Crippen LogP contribution >= 0.6 is 0 Å². The molecule has 0 bridgehead atoms. The second-order valence-corrected chi connectivity index (χ2v) is 7.07. The SMILES string of the molecule is CN1C[C@@H](c2ccccc2)[C@@H]2[C@H](O)CCN(C(=O)c3cnco3)C[C@H]21. The highest BCUT2D eigenvalue weighted by Crippen LogP contribution is 2.41. The third-order valence-corrected chi connectivity index (χ3v) is 5.66. The number of aliphatic hydroxyl groups is 1. The molecule has 0 radical (unpaired) electrons. The molecule has 2 aromatic rings. The predicted molar refractivity (Wildman–Crippen MR) is 92.1 cm³/mol. The van der Waals surface area contributed by atoms with E-state index in [1.807, 2.05) is 18.2 Å². The maximum Gasteiger partial charge on any atom is 0.291 e. The molecule has 1 amide bonds. The number of hydrogen-bond acceptors (Lipinski definition) is 5. The summed E-state index contributed by atoms with van der Waals surface area (Å²) in [6.45, 7) is 2.02. The standard InChI is InChI=1S/C19H23N3O3/c1-21-10-14(13-5-3-2-4-6-13)18-15(21)11-22(8-7-16(18)23)19(24)17-9-20-12-25-17/h2-6,9,12,14-16,18,23H,7-8,10-11H2,1H3/t14-,15+,16+,18-/m0/s1. The molecule has 0 aliphatic carbocycles. The van der Waals surface area contributed by atoms with E-state index < -0.39 is 6.10 Å². The molecule has 4 atom stereocenters. The number of oxazole rings is 1. The molecule has 6 heteroatoms. The van der Waals surface area contributed by atoms with Crippen molar-refractivity contribution in [2.45, 2.75) is 24.5 Å². The Morgan fingerprint density at radius 3 is 2.80 bits per heavy atom. The van der Waals surface area contributed by atoms with Gasteiger partial charge in [-0.15, -0.1) is 0 Å². The molecular formula is C19H23N3O3. The van der Waals surface area contributed by atoms with E-state index in [2.05, 4.69) is 29.1 Å². The number of hydrogen-bond donors (Lipinski definition) is 1. The van der Waals surface area contributed by atoms with Crippen LogP contribution in [0.2, 0.25) is 0 Å². The lowest BCUT2D eigenvalue weighted by Crippen LogP contribution is -2.43. The molecule has 1 aromatic carbocycles. The van der Waals surface area contributed by atoms with Gasteiger partial charge in [-0.3, -0.25) is 4.79 Å². The lowest BCUT2D eigenvalue weighted by molar-refractivity contribution is 0.0691. The first-order valence-corrected chi connectivity index (χ1v) is 8.76. The second-order valence-electron chi connectivity index (χ2n) is 7.07. The number of likely N-dealkylation sites (N-methyl/N-ethyl adjacent to an activating group) is 1. The molecule has 6 nitrogen and oxygen atoms in total. The van der Waals surface area contributed by atoms with Gasteiger partial charge in [0.05, 0.1) is 12.3 Å². The molecule has 0 spiro atoms. The number of aromatic nitrogens is 1. The quantitative estimate of drug-likeness (QED) is 0.898. The first-order valence-electron chi connectivity index (χ1n) is 8.76. The Bertz CT molecular complexity index is 719. The van der Waals surface area contributed by atoms with Crippen LogP contribution in [0, 0.1) is 5.92 Å². The number of likely N-dealkylation sites (tertiary alicyclic amines) is 2. The van der Waals surface area contributed by atoms with Gasteiger partial charge in [0, 0.05) is 37.5 Å². The highest BCUT2D eigenvalue weighted by atomic mass is 16.3. The van der Waals surface area contributed by atoms with E-state index in [9.17, 15) is 9.90 Å². The van der Waals surface area contributed by atoms with E-state index in [4.69, 9.17) is 4.42 Å². The molecule has 2 aliphatic heterocycles. The minimum atomic E-state index is -0.423. The van der Waals surface area contributed by atoms with Crippen LogP contribution in [0.5, 0.6) is 0 Å². The van der Waals surface area contributed by atoms with E-state index in [-0.39, 0.29) is 29.5 Å². The summed E-state index contributed by atoms with van der Waals surface area (Å²) in [5, 5.41) is 10.8. The minimum Gasteiger partial charge on any atom is -0.438 e. The van der Waals surface area contributed by atoms with Crippen LogP contribution in [0.1, 0.15) is 28.5 Å². The Kier molecular flexibility index (Phi) is 4.31. The highest BCUT2D eigenvalue weighted by Gasteiger charge is 2.47. The summed E-state index contributed by atoms with van der Waals surface area (Å²) in [6.07, 6.45) is 2.88. The summed E-state index contributed by atoms with van der Waals surface area (Å²) in [5.74, 6) is 0.515. The monoisotopic (exact) mass is 341 g/mol. The zero-order valence-corrected chi connectivity index (χ0v) is 14.3. The average Bonchev–Trinajstić information content (AvgIpc) is 3.23. The number of rotatable bonds is 2. The van der Waals surface area contributed by atoms with Crippen molar-refractivity contribution in [3.05, 3.63) is 54.2 Å². The van der Waals surface area contributed by atoms with Crippen LogP contribution < -0.4 is 0 Å². The van der Waals surface area contributed by atoms with Crippen LogP contribution in [0.4, 0.5) is 0 Å². The van der Waals surface area contributed by atoms with E-state index in [0.29, 0.717) is 19.5 Å².